The summed E-state index contributed by atoms with van der Waals surface area (Å²) in [6, 6.07) is 6.23. The third-order valence-electron chi connectivity index (χ3n) is 3.60. The highest BCUT2D eigenvalue weighted by Crippen LogP contribution is 2.36. The van der Waals surface area contributed by atoms with E-state index in [0.717, 1.165) is 37.7 Å². The van der Waals surface area contributed by atoms with Crippen LogP contribution in [0.4, 0.5) is 0 Å². The van der Waals surface area contributed by atoms with Gasteiger partial charge in [-0.1, -0.05) is 23.7 Å². The van der Waals surface area contributed by atoms with Gasteiger partial charge in [0.15, 0.2) is 5.76 Å². The van der Waals surface area contributed by atoms with Crippen molar-refractivity contribution in [2.75, 3.05) is 0 Å². The van der Waals surface area contributed by atoms with Crippen LogP contribution < -0.4 is 0 Å². The smallest absolute Gasteiger partial charge is 0.170 e. The van der Waals surface area contributed by atoms with Crippen molar-refractivity contribution >= 4 is 45.1 Å². The molecule has 0 bridgehead atoms. The predicted octanol–water partition coefficient (Wildman–Crippen LogP) is 5.33. The number of halogens is 2. The van der Waals surface area contributed by atoms with Crippen LogP contribution in [0.2, 0.25) is 5.15 Å². The Morgan fingerprint density at radius 3 is 2.62 bits per heavy atom. The Kier molecular flexibility index (Phi) is 3.92. The maximum absolute atomic E-state index is 6.40. The van der Waals surface area contributed by atoms with Crippen molar-refractivity contribution in [3.63, 3.8) is 0 Å². The summed E-state index contributed by atoms with van der Waals surface area (Å²) in [7, 11) is 0. The Hall–Kier alpha value is -1.14. The molecule has 0 atom stereocenters. The first-order valence-corrected chi connectivity index (χ1v) is 8.18. The standard InChI is InChI=1S/C16H14ClIN2O/c1-4-10-6-11-9(3)14(13-5-8(2)20-21-13)16(17)19-15(11)12(18)7-10/h5-7H,4H2,1-3H3. The van der Waals surface area contributed by atoms with Crippen LogP contribution in [0.25, 0.3) is 22.2 Å². The van der Waals surface area contributed by atoms with Crippen molar-refractivity contribution in [2.45, 2.75) is 27.2 Å². The minimum Gasteiger partial charge on any atom is -0.356 e. The van der Waals surface area contributed by atoms with Crippen LogP contribution >= 0.6 is 34.2 Å². The van der Waals surface area contributed by atoms with Gasteiger partial charge >= 0.3 is 0 Å². The lowest BCUT2D eigenvalue weighted by Gasteiger charge is -2.11. The molecule has 0 fully saturated rings. The maximum Gasteiger partial charge on any atom is 0.170 e. The summed E-state index contributed by atoms with van der Waals surface area (Å²) in [4.78, 5) is 4.57. The zero-order chi connectivity index (χ0) is 15.1. The molecule has 3 rings (SSSR count). The van der Waals surface area contributed by atoms with Crippen LogP contribution in [0, 0.1) is 17.4 Å². The number of benzene rings is 1. The van der Waals surface area contributed by atoms with Crippen molar-refractivity contribution in [3.8, 4) is 11.3 Å². The molecular formula is C16H14ClIN2O. The van der Waals surface area contributed by atoms with Gasteiger partial charge in [-0.05, 0) is 66.1 Å². The fourth-order valence-electron chi connectivity index (χ4n) is 2.47. The first kappa shape index (κ1) is 14.8. The molecule has 21 heavy (non-hydrogen) atoms. The monoisotopic (exact) mass is 412 g/mol. The van der Waals surface area contributed by atoms with Crippen LogP contribution in [0.3, 0.4) is 0 Å². The molecule has 1 aromatic carbocycles. The summed E-state index contributed by atoms with van der Waals surface area (Å²) >= 11 is 8.71. The molecule has 0 radical (unpaired) electrons. The van der Waals surface area contributed by atoms with Crippen molar-refractivity contribution in [1.29, 1.82) is 0 Å². The summed E-state index contributed by atoms with van der Waals surface area (Å²) in [5.41, 5.74) is 4.97. The Balaban J connectivity index is 2.37. The van der Waals surface area contributed by atoms with Crippen LogP contribution in [-0.4, -0.2) is 10.1 Å². The third-order valence-corrected chi connectivity index (χ3v) is 4.70. The van der Waals surface area contributed by atoms with Gasteiger partial charge in [0.1, 0.15) is 5.15 Å². The van der Waals surface area contributed by atoms with Crippen molar-refractivity contribution < 1.29 is 4.52 Å². The van der Waals surface area contributed by atoms with Crippen molar-refractivity contribution in [3.05, 3.63) is 43.7 Å². The van der Waals surface area contributed by atoms with Crippen molar-refractivity contribution in [1.82, 2.24) is 10.1 Å². The Morgan fingerprint density at radius 1 is 1.24 bits per heavy atom. The van der Waals surface area contributed by atoms with Crippen LogP contribution in [-0.2, 0) is 6.42 Å². The van der Waals surface area contributed by atoms with E-state index in [0.29, 0.717) is 10.9 Å². The molecule has 0 aliphatic heterocycles. The zero-order valence-electron chi connectivity index (χ0n) is 12.0. The highest BCUT2D eigenvalue weighted by atomic mass is 127. The normalized spacial score (nSPS) is 11.3. The Labute approximate surface area is 141 Å². The predicted molar refractivity (Wildman–Crippen MR) is 93.8 cm³/mol. The molecular weight excluding hydrogens is 399 g/mol. The molecule has 0 aliphatic rings. The molecule has 2 heterocycles. The van der Waals surface area contributed by atoms with E-state index < -0.39 is 0 Å². The Bertz CT molecular complexity index is 842. The molecule has 0 aliphatic carbocycles. The van der Waals surface area contributed by atoms with Gasteiger partial charge in [-0.25, -0.2) is 4.98 Å². The number of pyridine rings is 1. The molecule has 0 saturated heterocycles. The topological polar surface area (TPSA) is 38.9 Å². The van der Waals surface area contributed by atoms with Crippen LogP contribution in [0.1, 0.15) is 23.7 Å². The number of aromatic nitrogens is 2. The van der Waals surface area contributed by atoms with Gasteiger partial charge in [-0.2, -0.15) is 0 Å². The highest BCUT2D eigenvalue weighted by Gasteiger charge is 2.18. The number of rotatable bonds is 2. The third kappa shape index (κ3) is 2.55. The number of fused-ring (bicyclic) bond motifs is 1. The maximum atomic E-state index is 6.40. The van der Waals surface area contributed by atoms with Gasteiger partial charge in [0.25, 0.3) is 0 Å². The molecule has 0 N–H and O–H groups in total. The van der Waals surface area contributed by atoms with E-state index in [1.54, 1.807) is 0 Å². The summed E-state index contributed by atoms with van der Waals surface area (Å²) < 4.78 is 6.49. The molecule has 0 amide bonds. The Morgan fingerprint density at radius 2 is 2.00 bits per heavy atom. The van der Waals surface area contributed by atoms with E-state index in [9.17, 15) is 0 Å². The minimum atomic E-state index is 0.457. The highest BCUT2D eigenvalue weighted by molar-refractivity contribution is 14.1. The molecule has 2 aromatic heterocycles. The van der Waals surface area contributed by atoms with E-state index in [4.69, 9.17) is 16.1 Å². The number of hydrogen-bond acceptors (Lipinski definition) is 3. The largest absolute Gasteiger partial charge is 0.356 e. The lowest BCUT2D eigenvalue weighted by atomic mass is 10.0. The first-order chi connectivity index (χ1) is 10.0. The number of hydrogen-bond donors (Lipinski definition) is 0. The summed E-state index contributed by atoms with van der Waals surface area (Å²) in [6.45, 7) is 6.10. The first-order valence-electron chi connectivity index (χ1n) is 6.73. The van der Waals surface area contributed by atoms with Gasteiger partial charge in [-0.15, -0.1) is 0 Å². The molecule has 108 valence electrons. The van der Waals surface area contributed by atoms with E-state index in [1.807, 2.05) is 13.0 Å². The molecule has 0 spiro atoms. The van der Waals surface area contributed by atoms with Crippen molar-refractivity contribution in [2.24, 2.45) is 0 Å². The van der Waals surface area contributed by atoms with E-state index in [2.05, 4.69) is 58.7 Å². The second kappa shape index (κ2) is 5.57. The zero-order valence-corrected chi connectivity index (χ0v) is 14.9. The van der Waals surface area contributed by atoms with E-state index in [-0.39, 0.29) is 0 Å². The number of nitrogens with zero attached hydrogens (tertiary/aromatic N) is 2. The second-order valence-corrected chi connectivity index (χ2v) is 6.58. The summed E-state index contributed by atoms with van der Waals surface area (Å²) in [5.74, 6) is 0.668. The quantitative estimate of drug-likeness (QED) is 0.422. The average Bonchev–Trinajstić information content (AvgIpc) is 2.86. The van der Waals surface area contributed by atoms with Gasteiger partial charge in [0, 0.05) is 15.0 Å². The summed E-state index contributed by atoms with van der Waals surface area (Å²) in [6.07, 6.45) is 0.991. The fourth-order valence-corrected chi connectivity index (χ4v) is 3.60. The van der Waals surface area contributed by atoms with E-state index >= 15 is 0 Å². The lowest BCUT2D eigenvalue weighted by Crippen LogP contribution is -1.95. The number of aryl methyl sites for hydroxylation is 3. The molecule has 0 saturated carbocycles. The molecule has 0 unspecified atom stereocenters. The van der Waals surface area contributed by atoms with E-state index in [1.165, 1.54) is 5.56 Å². The minimum absolute atomic E-state index is 0.457. The lowest BCUT2D eigenvalue weighted by molar-refractivity contribution is 0.427. The molecule has 3 aromatic rings. The average molecular weight is 413 g/mol. The van der Waals surface area contributed by atoms with Gasteiger partial charge in [-0.3, -0.25) is 0 Å². The van der Waals surface area contributed by atoms with Gasteiger partial charge in [0.2, 0.25) is 0 Å². The van der Waals surface area contributed by atoms with Crippen LogP contribution in [0.5, 0.6) is 0 Å². The molecule has 5 heteroatoms. The van der Waals surface area contributed by atoms with Gasteiger partial charge < -0.3 is 4.52 Å². The summed E-state index contributed by atoms with van der Waals surface area (Å²) in [5, 5.41) is 5.52. The second-order valence-electron chi connectivity index (χ2n) is 5.06. The SMILES string of the molecule is CCc1cc(I)c2nc(Cl)c(-c3cc(C)no3)c(C)c2c1. The van der Waals surface area contributed by atoms with Gasteiger partial charge in [0.05, 0.1) is 16.8 Å². The van der Waals surface area contributed by atoms with Crippen LogP contribution in [0.15, 0.2) is 22.7 Å². The molecule has 3 nitrogen and oxygen atoms in total. The fraction of sp³-hybridized carbons (Fsp3) is 0.250.